The van der Waals surface area contributed by atoms with Gasteiger partial charge >= 0.3 is 0 Å². The van der Waals surface area contributed by atoms with Gasteiger partial charge in [-0.25, -0.2) is 4.99 Å². The number of hydrogen-bond acceptors (Lipinski definition) is 7. The molecule has 1 atom stereocenters. The number of aryl methyl sites for hydroxylation is 1. The van der Waals surface area contributed by atoms with Gasteiger partial charge in [0.05, 0.1) is 23.1 Å². The fourth-order valence-corrected chi connectivity index (χ4v) is 7.70. The first-order chi connectivity index (χ1) is 15.2. The molecule has 7 heteroatoms. The lowest BCUT2D eigenvalue weighted by atomic mass is 9.78. The average molecular weight is 447 g/mol. The Morgan fingerprint density at radius 1 is 1.16 bits per heavy atom. The first-order valence-corrected chi connectivity index (χ1v) is 12.6. The van der Waals surface area contributed by atoms with Gasteiger partial charge in [0.15, 0.2) is 11.6 Å². The zero-order chi connectivity index (χ0) is 21.1. The Kier molecular flexibility index (Phi) is 4.41. The summed E-state index contributed by atoms with van der Waals surface area (Å²) in [7, 11) is 0. The highest BCUT2D eigenvalue weighted by atomic mass is 32.1. The number of aliphatic imine (C=N–C) groups is 1. The summed E-state index contributed by atoms with van der Waals surface area (Å²) in [5.41, 5.74) is 11.3. The molecule has 2 aromatic heterocycles. The Bertz CT molecular complexity index is 1240. The summed E-state index contributed by atoms with van der Waals surface area (Å²) in [5.74, 6) is 0.962. The monoisotopic (exact) mass is 446 g/mol. The van der Waals surface area contributed by atoms with E-state index in [4.69, 9.17) is 10.7 Å². The van der Waals surface area contributed by atoms with Crippen LogP contribution < -0.4 is 10.6 Å². The minimum absolute atomic E-state index is 0.161. The Labute approximate surface area is 189 Å². The van der Waals surface area contributed by atoms with Crippen molar-refractivity contribution in [2.75, 3.05) is 4.90 Å². The number of thiophene rings is 2. The number of nitriles is 1. The number of fused-ring (bicyclic) bond motifs is 6. The number of ketones is 1. The van der Waals surface area contributed by atoms with Crippen LogP contribution >= 0.6 is 22.7 Å². The Morgan fingerprint density at radius 3 is 2.84 bits per heavy atom. The summed E-state index contributed by atoms with van der Waals surface area (Å²) in [6.07, 6.45) is 7.90. The van der Waals surface area contributed by atoms with Crippen LogP contribution in [0.1, 0.15) is 65.3 Å². The molecule has 0 aromatic carbocycles. The largest absolute Gasteiger partial charge is 0.383 e. The van der Waals surface area contributed by atoms with Crippen LogP contribution in [0.2, 0.25) is 0 Å². The van der Waals surface area contributed by atoms with E-state index in [1.165, 1.54) is 29.7 Å². The van der Waals surface area contributed by atoms with E-state index in [0.29, 0.717) is 23.7 Å². The van der Waals surface area contributed by atoms with Crippen molar-refractivity contribution in [2.45, 2.75) is 57.3 Å². The summed E-state index contributed by atoms with van der Waals surface area (Å²) in [4.78, 5) is 22.6. The molecule has 2 aliphatic heterocycles. The van der Waals surface area contributed by atoms with Crippen molar-refractivity contribution in [1.29, 1.82) is 5.26 Å². The molecule has 156 valence electrons. The Morgan fingerprint density at radius 2 is 2.03 bits per heavy atom. The van der Waals surface area contributed by atoms with E-state index in [0.717, 1.165) is 52.4 Å². The molecule has 2 aliphatic carbocycles. The van der Waals surface area contributed by atoms with Gasteiger partial charge < -0.3 is 5.73 Å². The fourth-order valence-electron chi connectivity index (χ4n) is 5.43. The summed E-state index contributed by atoms with van der Waals surface area (Å²) in [6, 6.07) is 6.41. The molecule has 0 radical (unpaired) electrons. The SMILES string of the molecule is N#CC1=C2N=C(N)c3c(sc4c3CCCCC4)N2C2=C(C(=O)CCC2)[C@@H]1c1cccs1. The third-order valence-electron chi connectivity index (χ3n) is 6.77. The molecule has 0 fully saturated rings. The second-order valence-corrected chi connectivity index (χ2v) is 10.6. The molecule has 0 saturated carbocycles. The van der Waals surface area contributed by atoms with E-state index in [-0.39, 0.29) is 11.7 Å². The van der Waals surface area contributed by atoms with Crippen LogP contribution in [0.5, 0.6) is 0 Å². The number of allylic oxidation sites excluding steroid dienone is 3. The topological polar surface area (TPSA) is 82.5 Å². The molecule has 0 saturated heterocycles. The molecule has 5 nitrogen and oxygen atoms in total. The van der Waals surface area contributed by atoms with Gasteiger partial charge in [0, 0.05) is 27.4 Å². The number of anilines is 1. The number of rotatable bonds is 1. The lowest BCUT2D eigenvalue weighted by molar-refractivity contribution is -0.116. The smallest absolute Gasteiger partial charge is 0.161 e. The number of nitrogens with zero attached hydrogens (tertiary/aromatic N) is 3. The minimum Gasteiger partial charge on any atom is -0.383 e. The van der Waals surface area contributed by atoms with Crippen molar-refractivity contribution in [2.24, 2.45) is 10.7 Å². The van der Waals surface area contributed by atoms with E-state index in [2.05, 4.69) is 11.0 Å². The average Bonchev–Trinajstić information content (AvgIpc) is 3.36. The van der Waals surface area contributed by atoms with E-state index in [1.54, 1.807) is 22.7 Å². The van der Waals surface area contributed by atoms with E-state index in [9.17, 15) is 10.1 Å². The highest BCUT2D eigenvalue weighted by Crippen LogP contribution is 2.53. The van der Waals surface area contributed by atoms with Crippen LogP contribution in [-0.2, 0) is 17.6 Å². The van der Waals surface area contributed by atoms with Gasteiger partial charge in [0.25, 0.3) is 0 Å². The lowest BCUT2D eigenvalue weighted by Gasteiger charge is -2.40. The number of amidine groups is 1. The second kappa shape index (κ2) is 7.18. The fraction of sp³-hybridized carbons (Fsp3) is 0.375. The first kappa shape index (κ1) is 19.0. The van der Waals surface area contributed by atoms with Crippen LogP contribution in [0.25, 0.3) is 0 Å². The molecule has 0 amide bonds. The zero-order valence-electron chi connectivity index (χ0n) is 17.1. The van der Waals surface area contributed by atoms with Crippen molar-refractivity contribution >= 4 is 39.3 Å². The third-order valence-corrected chi connectivity index (χ3v) is 8.98. The summed E-state index contributed by atoms with van der Waals surface area (Å²) < 4.78 is 0. The van der Waals surface area contributed by atoms with Crippen molar-refractivity contribution < 1.29 is 4.79 Å². The Hall–Kier alpha value is -2.69. The van der Waals surface area contributed by atoms with Gasteiger partial charge in [0.2, 0.25) is 0 Å². The van der Waals surface area contributed by atoms with Crippen LogP contribution in [0.4, 0.5) is 5.00 Å². The van der Waals surface area contributed by atoms with Crippen LogP contribution in [0, 0.1) is 11.3 Å². The molecule has 2 N–H and O–H groups in total. The van der Waals surface area contributed by atoms with Gasteiger partial charge in [-0.3, -0.25) is 9.69 Å². The summed E-state index contributed by atoms with van der Waals surface area (Å²) in [5, 5.41) is 13.3. The number of hydrogen-bond donors (Lipinski definition) is 1. The highest BCUT2D eigenvalue weighted by molar-refractivity contribution is 7.17. The van der Waals surface area contributed by atoms with Crippen molar-refractivity contribution in [3.8, 4) is 6.07 Å². The quantitative estimate of drug-likeness (QED) is 0.615. The zero-order valence-corrected chi connectivity index (χ0v) is 18.7. The maximum absolute atomic E-state index is 13.2. The highest BCUT2D eigenvalue weighted by Gasteiger charge is 2.44. The summed E-state index contributed by atoms with van der Waals surface area (Å²) >= 11 is 3.38. The lowest BCUT2D eigenvalue weighted by Crippen LogP contribution is -2.38. The summed E-state index contributed by atoms with van der Waals surface area (Å²) in [6.45, 7) is 0. The number of carbonyl (C=O) groups is 1. The van der Waals surface area contributed by atoms with Gasteiger partial charge in [-0.2, -0.15) is 5.26 Å². The number of Topliss-reactive ketones (excluding diaryl/α,β-unsaturated/α-hetero) is 1. The number of carbonyl (C=O) groups excluding carboxylic acids is 1. The molecule has 2 aromatic rings. The van der Waals surface area contributed by atoms with Crippen LogP contribution in [0.15, 0.2) is 45.2 Å². The molecule has 0 spiro atoms. The molecule has 31 heavy (non-hydrogen) atoms. The van der Waals surface area contributed by atoms with Gasteiger partial charge in [-0.05, 0) is 55.5 Å². The van der Waals surface area contributed by atoms with Crippen molar-refractivity contribution in [3.05, 3.63) is 61.1 Å². The molecule has 0 bridgehead atoms. The standard InChI is InChI=1S/C24H22N4OS2/c25-12-14-19(18-10-5-11-30-18)21-15(7-4-8-16(21)29)28-23(14)27-22(26)20-13-6-2-1-3-9-17(13)31-24(20)28/h5,10-11,19H,1-4,6-9H2,(H2,26,27)/t19-/m0/s1. The van der Waals surface area contributed by atoms with E-state index in [1.807, 2.05) is 17.5 Å². The maximum Gasteiger partial charge on any atom is 0.161 e. The van der Waals surface area contributed by atoms with Gasteiger partial charge in [0.1, 0.15) is 10.8 Å². The van der Waals surface area contributed by atoms with E-state index >= 15 is 0 Å². The molecule has 6 rings (SSSR count). The molecular formula is C24H22N4OS2. The van der Waals surface area contributed by atoms with Crippen LogP contribution in [-0.4, -0.2) is 11.6 Å². The molecule has 4 aliphatic rings. The predicted octanol–water partition coefficient (Wildman–Crippen LogP) is 5.14. The van der Waals surface area contributed by atoms with Crippen molar-refractivity contribution in [1.82, 2.24) is 0 Å². The second-order valence-electron chi connectivity index (χ2n) is 8.51. The first-order valence-electron chi connectivity index (χ1n) is 10.9. The number of nitrogens with two attached hydrogens (primary N) is 1. The van der Waals surface area contributed by atoms with Gasteiger partial charge in [-0.15, -0.1) is 22.7 Å². The van der Waals surface area contributed by atoms with Crippen LogP contribution in [0.3, 0.4) is 0 Å². The minimum atomic E-state index is -0.338. The third kappa shape index (κ3) is 2.71. The van der Waals surface area contributed by atoms with E-state index < -0.39 is 0 Å². The molecule has 4 heterocycles. The molecular weight excluding hydrogens is 424 g/mol. The Balaban J connectivity index is 1.64. The normalized spacial score (nSPS) is 22.8. The molecule has 0 unspecified atom stereocenters. The van der Waals surface area contributed by atoms with Crippen molar-refractivity contribution in [3.63, 3.8) is 0 Å². The van der Waals surface area contributed by atoms with Gasteiger partial charge in [-0.1, -0.05) is 12.5 Å². The maximum atomic E-state index is 13.2. The predicted molar refractivity (Wildman–Crippen MR) is 124 cm³/mol.